The molecule has 3 N–H and O–H groups in total. The molecule has 0 aromatic heterocycles. The van der Waals surface area contributed by atoms with Crippen LogP contribution < -0.4 is 10.5 Å². The van der Waals surface area contributed by atoms with Crippen LogP contribution in [0.3, 0.4) is 0 Å². The van der Waals surface area contributed by atoms with E-state index >= 15 is 0 Å². The smallest absolute Gasteiger partial charge is 0.258 e. The van der Waals surface area contributed by atoms with E-state index in [4.69, 9.17) is 5.14 Å². The predicted molar refractivity (Wildman–Crippen MR) is 61.6 cm³/mol. The zero-order valence-corrected chi connectivity index (χ0v) is 10.3. The first-order valence-corrected chi connectivity index (χ1v) is 6.45. The summed E-state index contributed by atoms with van der Waals surface area (Å²) in [4.78, 5) is -0.0658. The molecule has 17 heavy (non-hydrogen) atoms. The van der Waals surface area contributed by atoms with Crippen molar-refractivity contribution in [2.75, 3.05) is 5.32 Å². The predicted octanol–water partition coefficient (Wildman–Crippen LogP) is 1.71. The average Bonchev–Trinajstić information content (AvgIpc) is 2.19. The molecule has 4 nitrogen and oxygen atoms in total. The number of hydrogen-bond donors (Lipinski definition) is 2. The van der Waals surface area contributed by atoms with Crippen molar-refractivity contribution >= 4 is 15.7 Å². The number of halogens is 2. The Kier molecular flexibility index (Phi) is 4.05. The van der Waals surface area contributed by atoms with Gasteiger partial charge < -0.3 is 5.32 Å². The van der Waals surface area contributed by atoms with Crippen molar-refractivity contribution < 1.29 is 17.2 Å². The van der Waals surface area contributed by atoms with Crippen molar-refractivity contribution in [2.24, 2.45) is 5.14 Å². The maximum Gasteiger partial charge on any atom is 0.258 e. The second kappa shape index (κ2) is 4.97. The summed E-state index contributed by atoms with van der Waals surface area (Å²) in [5.74, 6) is 0. The third kappa shape index (κ3) is 3.37. The molecule has 0 saturated carbocycles. The quantitative estimate of drug-likeness (QED) is 0.869. The minimum Gasteiger partial charge on any atom is -0.377 e. The Balaban J connectivity index is 3.12. The van der Waals surface area contributed by atoms with E-state index in [9.17, 15) is 17.2 Å². The molecule has 0 amide bonds. The van der Waals surface area contributed by atoms with Crippen LogP contribution >= 0.6 is 0 Å². The Hall–Kier alpha value is -1.21. The highest BCUT2D eigenvalue weighted by Gasteiger charge is 2.18. The second-order valence-electron chi connectivity index (χ2n) is 3.74. The molecule has 7 heteroatoms. The normalized spacial score (nSPS) is 13.8. The molecule has 0 aliphatic carbocycles. The lowest BCUT2D eigenvalue weighted by molar-refractivity contribution is 0.130. The molecule has 0 heterocycles. The van der Waals surface area contributed by atoms with Gasteiger partial charge in [0.2, 0.25) is 10.0 Å². The lowest BCUT2D eigenvalue weighted by atomic mass is 10.2. The first kappa shape index (κ1) is 13.9. The minimum absolute atomic E-state index is 0.0658. The van der Waals surface area contributed by atoms with Gasteiger partial charge in [0.15, 0.2) is 0 Å². The SMILES string of the molecule is Cc1c(NC(C)C(F)F)cccc1S(N)(=O)=O. The van der Waals surface area contributed by atoms with Crippen molar-refractivity contribution in [1.82, 2.24) is 0 Å². The number of primary sulfonamides is 1. The summed E-state index contributed by atoms with van der Waals surface area (Å²) in [5.41, 5.74) is 0.673. The number of anilines is 1. The maximum atomic E-state index is 12.4. The lowest BCUT2D eigenvalue weighted by Crippen LogP contribution is -2.24. The van der Waals surface area contributed by atoms with Gasteiger partial charge in [0.25, 0.3) is 6.43 Å². The zero-order chi connectivity index (χ0) is 13.2. The maximum absolute atomic E-state index is 12.4. The van der Waals surface area contributed by atoms with Gasteiger partial charge in [-0.15, -0.1) is 0 Å². The van der Waals surface area contributed by atoms with Crippen LogP contribution in [-0.4, -0.2) is 20.9 Å². The number of benzene rings is 1. The number of rotatable bonds is 4. The van der Waals surface area contributed by atoms with Gasteiger partial charge in [0.05, 0.1) is 10.9 Å². The fourth-order valence-electron chi connectivity index (χ4n) is 1.39. The molecule has 1 aromatic rings. The van der Waals surface area contributed by atoms with Gasteiger partial charge in [-0.2, -0.15) is 0 Å². The first-order valence-electron chi connectivity index (χ1n) is 4.90. The molecule has 1 rings (SSSR count). The van der Waals surface area contributed by atoms with E-state index in [0.29, 0.717) is 11.3 Å². The van der Waals surface area contributed by atoms with Crippen molar-refractivity contribution in [3.8, 4) is 0 Å². The third-order valence-electron chi connectivity index (χ3n) is 2.35. The fraction of sp³-hybridized carbons (Fsp3) is 0.400. The Labute approximate surface area is 98.9 Å². The number of nitrogens with two attached hydrogens (primary N) is 1. The first-order chi connectivity index (χ1) is 7.73. The van der Waals surface area contributed by atoms with Crippen LogP contribution in [0, 0.1) is 6.92 Å². The van der Waals surface area contributed by atoms with Gasteiger partial charge >= 0.3 is 0 Å². The van der Waals surface area contributed by atoms with Gasteiger partial charge in [0.1, 0.15) is 0 Å². The summed E-state index contributed by atoms with van der Waals surface area (Å²) in [6, 6.07) is 3.25. The number of sulfonamides is 1. The van der Waals surface area contributed by atoms with E-state index < -0.39 is 22.5 Å². The van der Waals surface area contributed by atoms with E-state index in [2.05, 4.69) is 5.32 Å². The highest BCUT2D eigenvalue weighted by molar-refractivity contribution is 7.89. The van der Waals surface area contributed by atoms with E-state index in [1.54, 1.807) is 0 Å². The number of nitrogens with one attached hydrogen (secondary N) is 1. The Morgan fingerprint density at radius 1 is 1.35 bits per heavy atom. The van der Waals surface area contributed by atoms with Crippen LogP contribution in [0.5, 0.6) is 0 Å². The summed E-state index contributed by atoms with van der Waals surface area (Å²) in [6.07, 6.45) is -2.53. The molecule has 96 valence electrons. The average molecular weight is 264 g/mol. The monoisotopic (exact) mass is 264 g/mol. The highest BCUT2D eigenvalue weighted by Crippen LogP contribution is 2.23. The highest BCUT2D eigenvalue weighted by atomic mass is 32.2. The lowest BCUT2D eigenvalue weighted by Gasteiger charge is -2.17. The standard InChI is InChI=1S/C10H14F2N2O2S/c1-6-8(14-7(2)10(11)12)4-3-5-9(6)17(13,15)16/h3-5,7,10,14H,1-2H3,(H2,13,15,16). The summed E-state index contributed by atoms with van der Waals surface area (Å²) in [7, 11) is -3.84. The van der Waals surface area contributed by atoms with Gasteiger partial charge in [-0.25, -0.2) is 22.3 Å². The van der Waals surface area contributed by atoms with Crippen LogP contribution in [0.1, 0.15) is 12.5 Å². The Bertz CT molecular complexity index is 503. The van der Waals surface area contributed by atoms with Gasteiger partial charge in [-0.3, -0.25) is 0 Å². The minimum atomic E-state index is -3.84. The largest absolute Gasteiger partial charge is 0.377 e. The molecule has 0 saturated heterocycles. The van der Waals surface area contributed by atoms with Crippen LogP contribution in [-0.2, 0) is 10.0 Å². The van der Waals surface area contributed by atoms with Crippen LogP contribution in [0.25, 0.3) is 0 Å². The molecule has 0 spiro atoms. The Morgan fingerprint density at radius 2 is 1.94 bits per heavy atom. The van der Waals surface area contributed by atoms with Crippen molar-refractivity contribution in [1.29, 1.82) is 0 Å². The zero-order valence-electron chi connectivity index (χ0n) is 9.44. The third-order valence-corrected chi connectivity index (χ3v) is 3.41. The van der Waals surface area contributed by atoms with Crippen LogP contribution in [0.15, 0.2) is 23.1 Å². The summed E-state index contributed by atoms with van der Waals surface area (Å²) < 4.78 is 47.2. The molecule has 0 radical (unpaired) electrons. The molecular formula is C10H14F2N2O2S. The van der Waals surface area contributed by atoms with Crippen LogP contribution in [0.2, 0.25) is 0 Å². The number of hydrogen-bond acceptors (Lipinski definition) is 3. The van der Waals surface area contributed by atoms with Crippen LogP contribution in [0.4, 0.5) is 14.5 Å². The molecule has 1 unspecified atom stereocenters. The van der Waals surface area contributed by atoms with Gasteiger partial charge in [-0.05, 0) is 31.5 Å². The van der Waals surface area contributed by atoms with Crippen molar-refractivity contribution in [3.05, 3.63) is 23.8 Å². The Morgan fingerprint density at radius 3 is 2.41 bits per heavy atom. The summed E-state index contributed by atoms with van der Waals surface area (Å²) in [5, 5.41) is 7.57. The van der Waals surface area contributed by atoms with E-state index in [1.165, 1.54) is 32.0 Å². The molecule has 0 aliphatic heterocycles. The molecule has 1 atom stereocenters. The van der Waals surface area contributed by atoms with Gasteiger partial charge in [-0.1, -0.05) is 6.07 Å². The van der Waals surface area contributed by atoms with Crippen molar-refractivity contribution in [3.63, 3.8) is 0 Å². The molecule has 1 aromatic carbocycles. The summed E-state index contributed by atoms with van der Waals surface area (Å²) in [6.45, 7) is 2.83. The summed E-state index contributed by atoms with van der Waals surface area (Å²) >= 11 is 0. The van der Waals surface area contributed by atoms with Crippen molar-refractivity contribution in [2.45, 2.75) is 31.2 Å². The van der Waals surface area contributed by atoms with Gasteiger partial charge in [0, 0.05) is 5.69 Å². The molecule has 0 aliphatic rings. The fourth-order valence-corrected chi connectivity index (χ4v) is 2.19. The topological polar surface area (TPSA) is 72.2 Å². The van der Waals surface area contributed by atoms with E-state index in [-0.39, 0.29) is 4.90 Å². The molecule has 0 bridgehead atoms. The number of alkyl halides is 2. The second-order valence-corrected chi connectivity index (χ2v) is 5.27. The molecule has 0 fully saturated rings. The van der Waals surface area contributed by atoms with E-state index in [1.807, 2.05) is 0 Å². The molecular weight excluding hydrogens is 250 g/mol. The van der Waals surface area contributed by atoms with E-state index in [0.717, 1.165) is 0 Å².